The van der Waals surface area contributed by atoms with Gasteiger partial charge in [0.15, 0.2) is 0 Å². The number of likely N-dealkylation sites (tertiary alicyclic amines) is 1. The third kappa shape index (κ3) is 9.44. The number of aryl methyl sites for hydroxylation is 2. The van der Waals surface area contributed by atoms with Gasteiger partial charge in [0, 0.05) is 50.9 Å². The number of carbonyl (C=O) groups is 1. The van der Waals surface area contributed by atoms with Gasteiger partial charge in [0.05, 0.1) is 5.60 Å². The molecule has 43 heavy (non-hydrogen) atoms. The zero-order valence-corrected chi connectivity index (χ0v) is 27.0. The Bertz CT molecular complexity index is 1130. The molecule has 7 heteroatoms. The van der Waals surface area contributed by atoms with Crippen LogP contribution in [0.4, 0.5) is 4.79 Å². The number of benzene rings is 2. The first-order chi connectivity index (χ1) is 20.8. The smallest absolute Gasteiger partial charge is 0.317 e. The second-order valence-corrected chi connectivity index (χ2v) is 13.0. The van der Waals surface area contributed by atoms with E-state index in [1.807, 2.05) is 48.3 Å². The van der Waals surface area contributed by atoms with Gasteiger partial charge in [-0.25, -0.2) is 4.79 Å². The molecule has 1 saturated carbocycles. The van der Waals surface area contributed by atoms with E-state index in [0.717, 1.165) is 55.5 Å². The highest BCUT2D eigenvalue weighted by molar-refractivity contribution is 5.74. The number of carbonyl (C=O) groups excluding carboxylic acids is 1. The number of rotatable bonds is 14. The number of nitrogens with zero attached hydrogens (tertiary/aromatic N) is 1. The molecular weight excluding hydrogens is 538 g/mol. The number of amides is 2. The van der Waals surface area contributed by atoms with E-state index >= 15 is 0 Å². The highest BCUT2D eigenvalue weighted by atomic mass is 16.5. The van der Waals surface area contributed by atoms with Crippen LogP contribution in [-0.4, -0.2) is 62.5 Å². The fourth-order valence-corrected chi connectivity index (χ4v) is 7.09. The zero-order chi connectivity index (χ0) is 30.7. The number of aliphatic hydroxyl groups is 1. The topological polar surface area (TPSA) is 83.1 Å². The molecule has 238 valence electrons. The van der Waals surface area contributed by atoms with E-state index < -0.39 is 5.60 Å². The van der Waals surface area contributed by atoms with Gasteiger partial charge in [-0.3, -0.25) is 0 Å². The van der Waals surface area contributed by atoms with Crippen LogP contribution in [0.5, 0.6) is 11.5 Å². The van der Waals surface area contributed by atoms with Crippen molar-refractivity contribution in [2.75, 3.05) is 40.4 Å². The number of nitrogens with one attached hydrogen (secondary N) is 2. The summed E-state index contributed by atoms with van der Waals surface area (Å²) in [6.45, 7) is 6.76. The van der Waals surface area contributed by atoms with Gasteiger partial charge in [0.25, 0.3) is 0 Å². The van der Waals surface area contributed by atoms with Crippen molar-refractivity contribution in [3.63, 3.8) is 0 Å². The number of hydrogen-bond donors (Lipinski definition) is 3. The first-order valence-electron chi connectivity index (χ1n) is 16.6. The number of ether oxygens (including phenoxy) is 2. The van der Waals surface area contributed by atoms with Gasteiger partial charge in [0.1, 0.15) is 11.5 Å². The molecule has 0 aromatic heterocycles. The van der Waals surface area contributed by atoms with Gasteiger partial charge in [-0.1, -0.05) is 61.4 Å². The van der Waals surface area contributed by atoms with Gasteiger partial charge >= 0.3 is 6.03 Å². The number of piperidine rings is 1. The summed E-state index contributed by atoms with van der Waals surface area (Å²) in [7, 11) is 3.67. The number of likely N-dealkylation sites (N-methyl/N-ethyl adjacent to an activating group) is 1. The first-order valence-corrected chi connectivity index (χ1v) is 16.6. The van der Waals surface area contributed by atoms with E-state index in [1.54, 1.807) is 7.11 Å². The fraction of sp³-hybridized carbons (Fsp3) is 0.639. The highest BCUT2D eigenvalue weighted by Gasteiger charge is 2.43. The van der Waals surface area contributed by atoms with Crippen LogP contribution in [0, 0.1) is 25.7 Å². The van der Waals surface area contributed by atoms with E-state index in [2.05, 4.69) is 30.5 Å². The van der Waals surface area contributed by atoms with Crippen molar-refractivity contribution in [1.82, 2.24) is 15.5 Å². The lowest BCUT2D eigenvalue weighted by molar-refractivity contribution is -0.0575. The minimum atomic E-state index is -1.15. The molecule has 2 amide bonds. The SMILES string of the molecule is CNC[C@H](CC1CCCCC1)NC(=O)N1CCC[C@@H]([C@@](O)(CCCCOC)c2cc(C)ccc2Oc2ccc(C)cc2)C1. The predicted octanol–water partition coefficient (Wildman–Crippen LogP) is 7.08. The largest absolute Gasteiger partial charge is 0.457 e. The maximum Gasteiger partial charge on any atom is 0.317 e. The molecule has 4 rings (SSSR count). The van der Waals surface area contributed by atoms with E-state index in [0.29, 0.717) is 37.8 Å². The summed E-state index contributed by atoms with van der Waals surface area (Å²) in [5, 5.41) is 19.4. The summed E-state index contributed by atoms with van der Waals surface area (Å²) in [6, 6.07) is 14.2. The number of methoxy groups -OCH3 is 1. The summed E-state index contributed by atoms with van der Waals surface area (Å²) in [6.07, 6.45) is 11.5. The molecule has 1 heterocycles. The maximum atomic E-state index is 13.7. The number of hydrogen-bond acceptors (Lipinski definition) is 5. The zero-order valence-electron chi connectivity index (χ0n) is 27.0. The second-order valence-electron chi connectivity index (χ2n) is 13.0. The molecule has 1 aliphatic carbocycles. The van der Waals surface area contributed by atoms with Gasteiger partial charge in [-0.2, -0.15) is 0 Å². The maximum absolute atomic E-state index is 13.7. The molecule has 1 aliphatic heterocycles. The van der Waals surface area contributed by atoms with Crippen molar-refractivity contribution >= 4 is 6.03 Å². The number of urea groups is 1. The Balaban J connectivity index is 1.55. The molecule has 0 radical (unpaired) electrons. The molecule has 2 aliphatic rings. The molecule has 7 nitrogen and oxygen atoms in total. The Morgan fingerprint density at radius 2 is 1.77 bits per heavy atom. The van der Waals surface area contributed by atoms with Crippen LogP contribution in [0.15, 0.2) is 42.5 Å². The molecule has 0 bridgehead atoms. The molecule has 1 saturated heterocycles. The summed E-state index contributed by atoms with van der Waals surface area (Å²) >= 11 is 0. The van der Waals surface area contributed by atoms with Crippen LogP contribution in [-0.2, 0) is 10.3 Å². The Morgan fingerprint density at radius 1 is 1.02 bits per heavy atom. The molecule has 2 aromatic rings. The minimum absolute atomic E-state index is 0.0112. The Morgan fingerprint density at radius 3 is 2.49 bits per heavy atom. The van der Waals surface area contributed by atoms with Crippen LogP contribution in [0.25, 0.3) is 0 Å². The van der Waals surface area contributed by atoms with E-state index in [1.165, 1.54) is 37.7 Å². The van der Waals surface area contributed by atoms with Gasteiger partial charge < -0.3 is 30.1 Å². The van der Waals surface area contributed by atoms with Crippen LogP contribution in [0.3, 0.4) is 0 Å². The van der Waals surface area contributed by atoms with Crippen molar-refractivity contribution in [1.29, 1.82) is 0 Å². The van der Waals surface area contributed by atoms with Gasteiger partial charge in [0.2, 0.25) is 0 Å². The van der Waals surface area contributed by atoms with Crippen molar-refractivity contribution in [2.45, 2.75) is 96.1 Å². The van der Waals surface area contributed by atoms with Crippen molar-refractivity contribution in [3.05, 3.63) is 59.2 Å². The average molecular weight is 594 g/mol. The number of unbranched alkanes of at least 4 members (excludes halogenated alkanes) is 1. The van der Waals surface area contributed by atoms with Crippen LogP contribution in [0.2, 0.25) is 0 Å². The van der Waals surface area contributed by atoms with Crippen LogP contribution < -0.4 is 15.4 Å². The third-order valence-electron chi connectivity index (χ3n) is 9.51. The Hall–Kier alpha value is -2.61. The Kier molecular flexibility index (Phi) is 12.7. The average Bonchev–Trinajstić information content (AvgIpc) is 3.02. The molecule has 0 unspecified atom stereocenters. The monoisotopic (exact) mass is 593 g/mol. The first kappa shape index (κ1) is 33.3. The second kappa shape index (κ2) is 16.5. The lowest BCUT2D eigenvalue weighted by atomic mass is 9.73. The van der Waals surface area contributed by atoms with E-state index in [4.69, 9.17) is 9.47 Å². The fourth-order valence-electron chi connectivity index (χ4n) is 7.09. The van der Waals surface area contributed by atoms with Crippen LogP contribution >= 0.6 is 0 Å². The van der Waals surface area contributed by atoms with Crippen molar-refractivity contribution in [3.8, 4) is 11.5 Å². The summed E-state index contributed by atoms with van der Waals surface area (Å²) < 4.78 is 11.8. The standard InChI is InChI=1S/C36H55N3O4/c1-27-14-17-32(18-15-27)43-34-19-16-28(2)23-33(34)36(41,20-8-9-22-42-4)30-13-10-21-39(26-30)35(40)38-31(25-37-3)24-29-11-6-5-7-12-29/h14-19,23,29-31,37,41H,5-13,20-22,24-26H2,1-4H3,(H,38,40)/t30-,31+,36+/m1/s1. The third-order valence-corrected chi connectivity index (χ3v) is 9.51. The minimum Gasteiger partial charge on any atom is -0.457 e. The van der Waals surface area contributed by atoms with Crippen molar-refractivity contribution in [2.24, 2.45) is 11.8 Å². The summed E-state index contributed by atoms with van der Waals surface area (Å²) in [4.78, 5) is 15.6. The van der Waals surface area contributed by atoms with Crippen molar-refractivity contribution < 1.29 is 19.4 Å². The highest BCUT2D eigenvalue weighted by Crippen LogP contribution is 2.45. The molecule has 2 fully saturated rings. The van der Waals surface area contributed by atoms with E-state index in [-0.39, 0.29) is 18.0 Å². The summed E-state index contributed by atoms with van der Waals surface area (Å²) in [5.41, 5.74) is 1.90. The van der Waals surface area contributed by atoms with E-state index in [9.17, 15) is 9.90 Å². The van der Waals surface area contributed by atoms with Crippen LogP contribution in [0.1, 0.15) is 87.3 Å². The molecule has 0 spiro atoms. The molecule has 3 atom stereocenters. The molecular formula is C36H55N3O4. The quantitative estimate of drug-likeness (QED) is 0.204. The molecule has 3 N–H and O–H groups in total. The Labute approximate surface area is 259 Å². The lowest BCUT2D eigenvalue weighted by Gasteiger charge is -2.43. The lowest BCUT2D eigenvalue weighted by Crippen LogP contribution is -2.54. The predicted molar refractivity (Wildman–Crippen MR) is 174 cm³/mol. The van der Waals surface area contributed by atoms with Gasteiger partial charge in [-0.05, 0) is 89.6 Å². The molecule has 2 aromatic carbocycles. The normalized spacial score (nSPS) is 19.9. The van der Waals surface area contributed by atoms with Gasteiger partial charge in [-0.15, -0.1) is 0 Å². The summed E-state index contributed by atoms with van der Waals surface area (Å²) in [5.74, 6) is 1.99.